The SMILES string of the molecule is O=C(NC1CCSc2ccc(F)cc21)[C@@H]1CCCNC1. The number of piperidine rings is 1. The van der Waals surface area contributed by atoms with E-state index in [2.05, 4.69) is 10.6 Å². The largest absolute Gasteiger partial charge is 0.349 e. The second-order valence-corrected chi connectivity index (χ2v) is 6.56. The average molecular weight is 294 g/mol. The van der Waals surface area contributed by atoms with Crippen LogP contribution >= 0.6 is 11.8 Å². The molecule has 2 aliphatic heterocycles. The van der Waals surface area contributed by atoms with Crippen molar-refractivity contribution >= 4 is 17.7 Å². The fourth-order valence-corrected chi connectivity index (χ4v) is 3.99. The number of carbonyl (C=O) groups excluding carboxylic acids is 1. The molecule has 1 saturated heterocycles. The van der Waals surface area contributed by atoms with Crippen molar-refractivity contribution in [3.63, 3.8) is 0 Å². The van der Waals surface area contributed by atoms with Crippen LogP contribution in [0.15, 0.2) is 23.1 Å². The predicted octanol–water partition coefficient (Wildman–Crippen LogP) is 2.48. The summed E-state index contributed by atoms with van der Waals surface area (Å²) in [6, 6.07) is 4.82. The lowest BCUT2D eigenvalue weighted by atomic mass is 9.97. The monoisotopic (exact) mass is 294 g/mol. The fourth-order valence-electron chi connectivity index (χ4n) is 2.88. The Balaban J connectivity index is 1.72. The van der Waals surface area contributed by atoms with Crippen LogP contribution in [0.25, 0.3) is 0 Å². The Hall–Kier alpha value is -1.07. The van der Waals surface area contributed by atoms with Crippen LogP contribution in [-0.2, 0) is 4.79 Å². The predicted molar refractivity (Wildman–Crippen MR) is 78.2 cm³/mol. The highest BCUT2D eigenvalue weighted by Gasteiger charge is 2.27. The van der Waals surface area contributed by atoms with Crippen molar-refractivity contribution in [2.75, 3.05) is 18.8 Å². The fraction of sp³-hybridized carbons (Fsp3) is 0.533. The molecule has 2 heterocycles. The van der Waals surface area contributed by atoms with Crippen molar-refractivity contribution in [3.8, 4) is 0 Å². The van der Waals surface area contributed by atoms with Gasteiger partial charge in [-0.1, -0.05) is 0 Å². The number of thioether (sulfide) groups is 1. The Morgan fingerprint density at radius 1 is 1.40 bits per heavy atom. The summed E-state index contributed by atoms with van der Waals surface area (Å²) in [6.45, 7) is 1.75. The molecule has 5 heteroatoms. The molecule has 1 fully saturated rings. The van der Waals surface area contributed by atoms with Crippen LogP contribution in [0.2, 0.25) is 0 Å². The Morgan fingerprint density at radius 2 is 2.30 bits per heavy atom. The molecule has 0 spiro atoms. The average Bonchev–Trinajstić information content (AvgIpc) is 2.49. The first-order chi connectivity index (χ1) is 9.74. The Kier molecular flexibility index (Phi) is 4.27. The van der Waals surface area contributed by atoms with Crippen molar-refractivity contribution < 1.29 is 9.18 Å². The van der Waals surface area contributed by atoms with Crippen LogP contribution in [-0.4, -0.2) is 24.7 Å². The lowest BCUT2D eigenvalue weighted by Crippen LogP contribution is -2.42. The van der Waals surface area contributed by atoms with Crippen molar-refractivity contribution in [1.82, 2.24) is 10.6 Å². The normalized spacial score (nSPS) is 25.9. The molecule has 1 aromatic carbocycles. The lowest BCUT2D eigenvalue weighted by Gasteiger charge is -2.29. The van der Waals surface area contributed by atoms with Crippen LogP contribution in [0.5, 0.6) is 0 Å². The van der Waals surface area contributed by atoms with Crippen LogP contribution in [0.1, 0.15) is 30.9 Å². The second-order valence-electron chi connectivity index (χ2n) is 5.42. The van der Waals surface area contributed by atoms with E-state index in [1.165, 1.54) is 6.07 Å². The molecular formula is C15H19FN2OS. The van der Waals surface area contributed by atoms with E-state index in [9.17, 15) is 9.18 Å². The van der Waals surface area contributed by atoms with E-state index in [-0.39, 0.29) is 23.7 Å². The molecule has 3 rings (SSSR count). The first kappa shape index (κ1) is 13.9. The van der Waals surface area contributed by atoms with Crippen molar-refractivity contribution in [2.24, 2.45) is 5.92 Å². The van der Waals surface area contributed by atoms with Crippen LogP contribution in [0.3, 0.4) is 0 Å². The van der Waals surface area contributed by atoms with Gasteiger partial charge in [0.2, 0.25) is 5.91 Å². The second kappa shape index (κ2) is 6.14. The summed E-state index contributed by atoms with van der Waals surface area (Å²) in [7, 11) is 0. The molecule has 1 unspecified atom stereocenters. The minimum atomic E-state index is -0.232. The zero-order valence-electron chi connectivity index (χ0n) is 11.3. The molecule has 0 radical (unpaired) electrons. The highest BCUT2D eigenvalue weighted by molar-refractivity contribution is 7.99. The third kappa shape index (κ3) is 2.99. The van der Waals surface area contributed by atoms with Gasteiger partial charge in [0.05, 0.1) is 12.0 Å². The number of nitrogens with one attached hydrogen (secondary N) is 2. The third-order valence-electron chi connectivity index (χ3n) is 4.00. The molecule has 0 saturated carbocycles. The molecule has 1 amide bonds. The quantitative estimate of drug-likeness (QED) is 0.880. The topological polar surface area (TPSA) is 41.1 Å². The highest BCUT2D eigenvalue weighted by atomic mass is 32.2. The standard InChI is InChI=1S/C15H19FN2OS/c16-11-3-4-14-12(8-11)13(5-7-20-14)18-15(19)10-2-1-6-17-9-10/h3-4,8,10,13,17H,1-2,5-7,9H2,(H,18,19)/t10-,13?/m1/s1. The van der Waals surface area contributed by atoms with Crippen LogP contribution in [0.4, 0.5) is 4.39 Å². The van der Waals surface area contributed by atoms with E-state index in [4.69, 9.17) is 0 Å². The maximum Gasteiger partial charge on any atom is 0.224 e. The minimum absolute atomic E-state index is 0.0450. The molecule has 1 aromatic rings. The number of carbonyl (C=O) groups is 1. The number of hydrogen-bond acceptors (Lipinski definition) is 3. The molecule has 0 aliphatic carbocycles. The number of amides is 1. The Labute approximate surface area is 122 Å². The van der Waals surface area contributed by atoms with Gasteiger partial charge in [-0.05, 0) is 49.6 Å². The molecule has 2 N–H and O–H groups in total. The van der Waals surface area contributed by atoms with Crippen molar-refractivity contribution in [2.45, 2.75) is 30.2 Å². The molecule has 0 bridgehead atoms. The summed E-state index contributed by atoms with van der Waals surface area (Å²) in [4.78, 5) is 13.4. The van der Waals surface area contributed by atoms with E-state index >= 15 is 0 Å². The van der Waals surface area contributed by atoms with Gasteiger partial charge in [0.15, 0.2) is 0 Å². The van der Waals surface area contributed by atoms with E-state index in [1.54, 1.807) is 17.8 Å². The van der Waals surface area contributed by atoms with Gasteiger partial charge in [0.25, 0.3) is 0 Å². The van der Waals surface area contributed by atoms with Gasteiger partial charge < -0.3 is 10.6 Å². The minimum Gasteiger partial charge on any atom is -0.349 e. The number of hydrogen-bond donors (Lipinski definition) is 2. The van der Waals surface area contributed by atoms with Crippen molar-refractivity contribution in [3.05, 3.63) is 29.6 Å². The molecule has 0 aromatic heterocycles. The first-order valence-electron chi connectivity index (χ1n) is 7.17. The summed E-state index contributed by atoms with van der Waals surface area (Å²) in [6.07, 6.45) is 2.85. The molecule has 2 aliphatic rings. The highest BCUT2D eigenvalue weighted by Crippen LogP contribution is 2.36. The maximum atomic E-state index is 13.4. The van der Waals surface area contributed by atoms with Crippen LogP contribution < -0.4 is 10.6 Å². The summed E-state index contributed by atoms with van der Waals surface area (Å²) >= 11 is 1.73. The maximum absolute atomic E-state index is 13.4. The molecule has 2 atom stereocenters. The van der Waals surface area contributed by atoms with E-state index in [1.807, 2.05) is 6.07 Å². The van der Waals surface area contributed by atoms with E-state index in [0.29, 0.717) is 0 Å². The Morgan fingerprint density at radius 3 is 3.10 bits per heavy atom. The van der Waals surface area contributed by atoms with Gasteiger partial charge in [-0.15, -0.1) is 11.8 Å². The lowest BCUT2D eigenvalue weighted by molar-refractivity contribution is -0.126. The van der Waals surface area contributed by atoms with Gasteiger partial charge in [0.1, 0.15) is 5.82 Å². The summed E-state index contributed by atoms with van der Waals surface area (Å²) in [5, 5.41) is 6.37. The van der Waals surface area contributed by atoms with Gasteiger partial charge >= 0.3 is 0 Å². The Bertz CT molecular complexity index is 503. The number of rotatable bonds is 2. The smallest absolute Gasteiger partial charge is 0.224 e. The molecular weight excluding hydrogens is 275 g/mol. The number of halogens is 1. The van der Waals surface area contributed by atoms with Gasteiger partial charge in [-0.3, -0.25) is 4.79 Å². The molecule has 3 nitrogen and oxygen atoms in total. The zero-order chi connectivity index (χ0) is 13.9. The zero-order valence-corrected chi connectivity index (χ0v) is 12.1. The third-order valence-corrected chi connectivity index (χ3v) is 5.12. The summed E-state index contributed by atoms with van der Waals surface area (Å²) < 4.78 is 13.4. The molecule has 108 valence electrons. The summed E-state index contributed by atoms with van der Waals surface area (Å²) in [5.41, 5.74) is 0.929. The van der Waals surface area contributed by atoms with Crippen molar-refractivity contribution in [1.29, 1.82) is 0 Å². The summed E-state index contributed by atoms with van der Waals surface area (Å²) in [5.74, 6) is 0.886. The number of benzene rings is 1. The van der Waals surface area contributed by atoms with Gasteiger partial charge in [-0.25, -0.2) is 4.39 Å². The first-order valence-corrected chi connectivity index (χ1v) is 8.16. The van der Waals surface area contributed by atoms with Gasteiger partial charge in [-0.2, -0.15) is 0 Å². The molecule has 20 heavy (non-hydrogen) atoms. The van der Waals surface area contributed by atoms with Crippen LogP contribution in [0, 0.1) is 11.7 Å². The van der Waals surface area contributed by atoms with E-state index < -0.39 is 0 Å². The van der Waals surface area contributed by atoms with Gasteiger partial charge in [0, 0.05) is 17.2 Å². The van der Waals surface area contributed by atoms with E-state index in [0.717, 1.165) is 48.6 Å². The number of fused-ring (bicyclic) bond motifs is 1.